The normalized spacial score (nSPS) is 13.8. The first-order valence-corrected chi connectivity index (χ1v) is 14.1. The van der Waals surface area contributed by atoms with Gasteiger partial charge in [-0.15, -0.1) is 0 Å². The number of aliphatic carboxylic acids is 1. The summed E-state index contributed by atoms with van der Waals surface area (Å²) in [5.41, 5.74) is 3.86. The molecule has 4 rings (SSSR count). The van der Waals surface area contributed by atoms with Crippen molar-refractivity contribution in [2.75, 3.05) is 36.1 Å². The summed E-state index contributed by atoms with van der Waals surface area (Å²) >= 11 is 0. The SMILES string of the molecule is COc1cc(CC(=O)C(NC(=O)Nc2ccc(CC(=O)O)cc2)C2CCNCC2)ccc1NC(=O)Nc1ccccc1C. The molecule has 1 atom stereocenters. The van der Waals surface area contributed by atoms with Crippen LogP contribution < -0.4 is 31.3 Å². The number of piperidine rings is 1. The lowest BCUT2D eigenvalue weighted by Crippen LogP contribution is -2.50. The highest BCUT2D eigenvalue weighted by molar-refractivity contribution is 6.01. The Balaban J connectivity index is 1.42. The second-order valence-corrected chi connectivity index (χ2v) is 10.5. The monoisotopic (exact) mass is 587 g/mol. The number of urea groups is 2. The van der Waals surface area contributed by atoms with E-state index in [9.17, 15) is 19.2 Å². The minimum atomic E-state index is -0.936. The Labute approximate surface area is 250 Å². The Bertz CT molecular complexity index is 1450. The molecule has 11 heteroatoms. The molecular formula is C32H37N5O6. The zero-order chi connectivity index (χ0) is 30.8. The van der Waals surface area contributed by atoms with E-state index in [-0.39, 0.29) is 24.5 Å². The third kappa shape index (κ3) is 9.04. The van der Waals surface area contributed by atoms with E-state index in [1.54, 1.807) is 42.5 Å². The van der Waals surface area contributed by atoms with Crippen LogP contribution in [0.25, 0.3) is 0 Å². The Morgan fingerprint density at radius 3 is 2.21 bits per heavy atom. The number of carboxylic acids is 1. The Hall–Kier alpha value is -4.90. The maximum atomic E-state index is 13.6. The highest BCUT2D eigenvalue weighted by Crippen LogP contribution is 2.27. The largest absolute Gasteiger partial charge is 0.495 e. The van der Waals surface area contributed by atoms with Gasteiger partial charge in [0.15, 0.2) is 5.78 Å². The third-order valence-corrected chi connectivity index (χ3v) is 7.34. The summed E-state index contributed by atoms with van der Waals surface area (Å²) in [4.78, 5) is 50.1. The van der Waals surface area contributed by atoms with Crippen LogP contribution in [0.1, 0.15) is 29.5 Å². The van der Waals surface area contributed by atoms with Gasteiger partial charge in [0.1, 0.15) is 5.75 Å². The summed E-state index contributed by atoms with van der Waals surface area (Å²) in [6.45, 7) is 3.40. The van der Waals surface area contributed by atoms with Crippen LogP contribution in [0, 0.1) is 12.8 Å². The molecule has 1 saturated heterocycles. The molecule has 11 nitrogen and oxygen atoms in total. The fourth-order valence-electron chi connectivity index (χ4n) is 5.08. The first-order valence-electron chi connectivity index (χ1n) is 14.1. The molecule has 6 N–H and O–H groups in total. The number of hydrogen-bond acceptors (Lipinski definition) is 6. The van der Waals surface area contributed by atoms with Crippen LogP contribution in [0.3, 0.4) is 0 Å². The Kier molecular flexibility index (Phi) is 10.7. The summed E-state index contributed by atoms with van der Waals surface area (Å²) in [5.74, 6) is -0.709. The number of carboxylic acid groups (broad SMARTS) is 1. The van der Waals surface area contributed by atoms with E-state index in [0.717, 1.165) is 31.5 Å². The summed E-state index contributed by atoms with van der Waals surface area (Å²) in [7, 11) is 1.49. The van der Waals surface area contributed by atoms with Crippen molar-refractivity contribution in [2.24, 2.45) is 5.92 Å². The number of amides is 4. The number of carbonyl (C=O) groups is 4. The van der Waals surface area contributed by atoms with Gasteiger partial charge in [0.25, 0.3) is 0 Å². The van der Waals surface area contributed by atoms with Crippen molar-refractivity contribution >= 4 is 40.9 Å². The molecule has 43 heavy (non-hydrogen) atoms. The van der Waals surface area contributed by atoms with Crippen molar-refractivity contribution in [3.05, 3.63) is 83.4 Å². The van der Waals surface area contributed by atoms with Gasteiger partial charge in [-0.25, -0.2) is 9.59 Å². The molecule has 0 aromatic heterocycles. The number of carbonyl (C=O) groups excluding carboxylic acids is 3. The number of anilines is 3. The summed E-state index contributed by atoms with van der Waals surface area (Å²) in [6.07, 6.45) is 1.43. The smallest absolute Gasteiger partial charge is 0.323 e. The minimum absolute atomic E-state index is 0.0367. The molecule has 0 bridgehead atoms. The van der Waals surface area contributed by atoms with Crippen molar-refractivity contribution in [1.29, 1.82) is 0 Å². The summed E-state index contributed by atoms with van der Waals surface area (Å²) in [5, 5.41) is 23.5. The van der Waals surface area contributed by atoms with Crippen molar-refractivity contribution in [2.45, 2.75) is 38.6 Å². The lowest BCUT2D eigenvalue weighted by molar-refractivity contribution is -0.136. The van der Waals surface area contributed by atoms with Crippen molar-refractivity contribution in [1.82, 2.24) is 10.6 Å². The van der Waals surface area contributed by atoms with E-state index in [4.69, 9.17) is 9.84 Å². The molecule has 1 unspecified atom stereocenters. The minimum Gasteiger partial charge on any atom is -0.495 e. The van der Waals surface area contributed by atoms with Crippen LogP contribution in [0.4, 0.5) is 26.7 Å². The van der Waals surface area contributed by atoms with Gasteiger partial charge < -0.3 is 36.4 Å². The summed E-state index contributed by atoms with van der Waals surface area (Å²) in [6, 6.07) is 17.5. The van der Waals surface area contributed by atoms with Crippen molar-refractivity contribution < 1.29 is 29.0 Å². The number of nitrogens with one attached hydrogen (secondary N) is 5. The Morgan fingerprint density at radius 1 is 0.860 bits per heavy atom. The topological polar surface area (TPSA) is 158 Å². The van der Waals surface area contributed by atoms with Gasteiger partial charge >= 0.3 is 18.0 Å². The maximum absolute atomic E-state index is 13.6. The van der Waals surface area contributed by atoms with Crippen LogP contribution in [0.5, 0.6) is 5.75 Å². The van der Waals surface area contributed by atoms with Crippen LogP contribution in [0.2, 0.25) is 0 Å². The third-order valence-electron chi connectivity index (χ3n) is 7.34. The van der Waals surface area contributed by atoms with Crippen LogP contribution in [0.15, 0.2) is 66.7 Å². The van der Waals surface area contributed by atoms with Gasteiger partial charge in [0.05, 0.1) is 25.3 Å². The van der Waals surface area contributed by atoms with Gasteiger partial charge in [-0.05, 0) is 85.8 Å². The number of rotatable bonds is 11. The first-order chi connectivity index (χ1) is 20.7. The van der Waals surface area contributed by atoms with Crippen molar-refractivity contribution in [3.63, 3.8) is 0 Å². The number of benzene rings is 3. The second kappa shape index (κ2) is 14.8. The van der Waals surface area contributed by atoms with E-state index in [1.165, 1.54) is 7.11 Å². The van der Waals surface area contributed by atoms with Crippen LogP contribution in [-0.4, -0.2) is 55.2 Å². The second-order valence-electron chi connectivity index (χ2n) is 10.5. The molecule has 0 saturated carbocycles. The predicted octanol–water partition coefficient (Wildman–Crippen LogP) is 4.58. The number of para-hydroxylation sites is 1. The van der Waals surface area contributed by atoms with E-state index in [1.807, 2.05) is 31.2 Å². The predicted molar refractivity (Wildman–Crippen MR) is 165 cm³/mol. The molecule has 1 fully saturated rings. The standard InChI is InChI=1S/C32H37N5O6/c1-20-5-3-4-6-25(20)35-32(42)36-26-12-9-22(18-28(26)43-2)17-27(38)30(23-13-15-33-16-14-23)37-31(41)34-24-10-7-21(8-11-24)19-29(39)40/h3-12,18,23,30,33H,13-17,19H2,1-2H3,(H,39,40)(H2,34,37,41)(H2,35,36,42). The highest BCUT2D eigenvalue weighted by atomic mass is 16.5. The van der Waals surface area contributed by atoms with Gasteiger partial charge in [-0.2, -0.15) is 0 Å². The molecular weight excluding hydrogens is 550 g/mol. The lowest BCUT2D eigenvalue weighted by Gasteiger charge is -2.30. The molecule has 1 aliphatic rings. The molecule has 1 heterocycles. The lowest BCUT2D eigenvalue weighted by atomic mass is 9.86. The van der Waals surface area contributed by atoms with Gasteiger partial charge in [-0.1, -0.05) is 36.4 Å². The fraction of sp³-hybridized carbons (Fsp3) is 0.312. The zero-order valence-corrected chi connectivity index (χ0v) is 24.2. The molecule has 0 spiro atoms. The number of Topliss-reactive ketones (excluding diaryl/α,β-unsaturated/α-hetero) is 1. The quantitative estimate of drug-likeness (QED) is 0.192. The fourth-order valence-corrected chi connectivity index (χ4v) is 5.08. The summed E-state index contributed by atoms with van der Waals surface area (Å²) < 4.78 is 5.51. The number of ether oxygens (including phenoxy) is 1. The average molecular weight is 588 g/mol. The molecule has 1 aliphatic heterocycles. The molecule has 0 aliphatic carbocycles. The van der Waals surface area contributed by atoms with E-state index < -0.39 is 24.1 Å². The average Bonchev–Trinajstić information content (AvgIpc) is 2.99. The number of ketones is 1. The molecule has 0 radical (unpaired) electrons. The highest BCUT2D eigenvalue weighted by Gasteiger charge is 2.31. The van der Waals surface area contributed by atoms with Gasteiger partial charge in [-0.3, -0.25) is 9.59 Å². The Morgan fingerprint density at radius 2 is 1.53 bits per heavy atom. The zero-order valence-electron chi connectivity index (χ0n) is 24.2. The van der Waals surface area contributed by atoms with Crippen molar-refractivity contribution in [3.8, 4) is 5.75 Å². The maximum Gasteiger partial charge on any atom is 0.323 e. The number of aryl methyl sites for hydroxylation is 1. The van der Waals surface area contributed by atoms with E-state index >= 15 is 0 Å². The van der Waals surface area contributed by atoms with Gasteiger partial charge in [0, 0.05) is 17.8 Å². The molecule has 3 aromatic carbocycles. The van der Waals surface area contributed by atoms with Crippen LogP contribution in [-0.2, 0) is 22.4 Å². The first kappa shape index (κ1) is 31.0. The molecule has 226 valence electrons. The number of hydrogen-bond donors (Lipinski definition) is 6. The van der Waals surface area contributed by atoms with Crippen LogP contribution >= 0.6 is 0 Å². The van der Waals surface area contributed by atoms with E-state index in [0.29, 0.717) is 33.9 Å². The number of methoxy groups -OCH3 is 1. The van der Waals surface area contributed by atoms with Gasteiger partial charge in [0.2, 0.25) is 0 Å². The molecule has 3 aromatic rings. The van der Waals surface area contributed by atoms with E-state index in [2.05, 4.69) is 26.6 Å². The molecule has 4 amide bonds.